The minimum atomic E-state index is -0.221. The van der Waals surface area contributed by atoms with Crippen LogP contribution in [0.4, 0.5) is 9.52 Å². The van der Waals surface area contributed by atoms with E-state index in [-0.39, 0.29) is 5.82 Å². The van der Waals surface area contributed by atoms with Crippen LogP contribution in [0.25, 0.3) is 0 Å². The molecule has 0 amide bonds. The molecule has 0 aliphatic rings. The molecule has 0 aliphatic carbocycles. The molecule has 2 rings (SSSR count). The first kappa shape index (κ1) is 14.2. The van der Waals surface area contributed by atoms with Crippen molar-refractivity contribution in [3.05, 3.63) is 29.6 Å². The van der Waals surface area contributed by atoms with Gasteiger partial charge in [-0.25, -0.2) is 4.39 Å². The quantitative estimate of drug-likeness (QED) is 0.919. The molecule has 4 nitrogen and oxygen atoms in total. The lowest BCUT2D eigenvalue weighted by Crippen LogP contribution is -2.07. The van der Waals surface area contributed by atoms with Crippen LogP contribution in [0.1, 0.15) is 5.56 Å². The molecule has 19 heavy (non-hydrogen) atoms. The predicted molar refractivity (Wildman–Crippen MR) is 77.5 cm³/mol. The molecule has 0 spiro atoms. The van der Waals surface area contributed by atoms with Gasteiger partial charge in [-0.1, -0.05) is 23.1 Å². The molecule has 0 saturated heterocycles. The number of halogens is 1. The molecule has 1 heterocycles. The van der Waals surface area contributed by atoms with Gasteiger partial charge < -0.3 is 10.2 Å². The standard InChI is InChI=1S/C12H15FN4S2/c1-14-7-8-6-9(13)4-5-10(8)18-12-16-15-11(19-12)17(2)3/h4-6,14H,7H2,1-3H3. The summed E-state index contributed by atoms with van der Waals surface area (Å²) in [7, 11) is 5.70. The summed E-state index contributed by atoms with van der Waals surface area (Å²) in [5, 5.41) is 12.1. The van der Waals surface area contributed by atoms with E-state index in [9.17, 15) is 4.39 Å². The maximum absolute atomic E-state index is 13.3. The van der Waals surface area contributed by atoms with Crippen LogP contribution in [0.15, 0.2) is 27.4 Å². The average Bonchev–Trinajstić information content (AvgIpc) is 2.82. The Balaban J connectivity index is 2.21. The monoisotopic (exact) mass is 298 g/mol. The van der Waals surface area contributed by atoms with E-state index in [1.165, 1.54) is 29.2 Å². The fraction of sp³-hybridized carbons (Fsp3) is 0.333. The number of rotatable bonds is 5. The van der Waals surface area contributed by atoms with Gasteiger partial charge in [0.25, 0.3) is 0 Å². The second kappa shape index (κ2) is 6.31. The van der Waals surface area contributed by atoms with Crippen molar-refractivity contribution in [2.45, 2.75) is 15.8 Å². The van der Waals surface area contributed by atoms with Crippen LogP contribution in [-0.4, -0.2) is 31.3 Å². The van der Waals surface area contributed by atoms with Crippen LogP contribution >= 0.6 is 23.1 Å². The number of aromatic nitrogens is 2. The van der Waals surface area contributed by atoms with Crippen LogP contribution in [0.2, 0.25) is 0 Å². The Morgan fingerprint density at radius 2 is 2.16 bits per heavy atom. The van der Waals surface area contributed by atoms with Crippen molar-refractivity contribution in [3.63, 3.8) is 0 Å². The molecule has 2 aromatic rings. The number of nitrogens with one attached hydrogen (secondary N) is 1. The number of hydrogen-bond acceptors (Lipinski definition) is 6. The SMILES string of the molecule is CNCc1cc(F)ccc1Sc1nnc(N(C)C)s1. The minimum Gasteiger partial charge on any atom is -0.353 e. The van der Waals surface area contributed by atoms with Crippen LogP contribution in [0.3, 0.4) is 0 Å². The largest absolute Gasteiger partial charge is 0.353 e. The summed E-state index contributed by atoms with van der Waals surface area (Å²) in [4.78, 5) is 2.91. The number of nitrogens with zero attached hydrogens (tertiary/aromatic N) is 3. The van der Waals surface area contributed by atoms with Gasteiger partial charge in [-0.3, -0.25) is 0 Å². The first-order valence-corrected chi connectivity index (χ1v) is 7.35. The van der Waals surface area contributed by atoms with Crippen LogP contribution in [0, 0.1) is 5.82 Å². The smallest absolute Gasteiger partial charge is 0.208 e. The molecule has 0 bridgehead atoms. The first-order valence-electron chi connectivity index (χ1n) is 5.72. The Morgan fingerprint density at radius 3 is 2.79 bits per heavy atom. The van der Waals surface area contributed by atoms with E-state index in [0.29, 0.717) is 6.54 Å². The maximum atomic E-state index is 13.3. The lowest BCUT2D eigenvalue weighted by atomic mass is 10.2. The molecule has 0 fully saturated rings. The van der Waals surface area contributed by atoms with Gasteiger partial charge >= 0.3 is 0 Å². The molecule has 0 unspecified atom stereocenters. The van der Waals surface area contributed by atoms with Crippen molar-refractivity contribution in [3.8, 4) is 0 Å². The zero-order chi connectivity index (χ0) is 13.8. The summed E-state index contributed by atoms with van der Waals surface area (Å²) in [6, 6.07) is 4.80. The lowest BCUT2D eigenvalue weighted by molar-refractivity contribution is 0.621. The molecule has 102 valence electrons. The molecule has 0 aliphatic heterocycles. The molecule has 7 heteroatoms. The Morgan fingerprint density at radius 1 is 1.37 bits per heavy atom. The molecular formula is C12H15FN4S2. The second-order valence-corrected chi connectivity index (χ2v) is 6.37. The third-order valence-electron chi connectivity index (χ3n) is 2.37. The van der Waals surface area contributed by atoms with Crippen molar-refractivity contribution in [1.29, 1.82) is 0 Å². The van der Waals surface area contributed by atoms with E-state index in [0.717, 1.165) is 19.9 Å². The van der Waals surface area contributed by atoms with Gasteiger partial charge in [0.15, 0.2) is 4.34 Å². The van der Waals surface area contributed by atoms with E-state index in [1.807, 2.05) is 26.0 Å². The summed E-state index contributed by atoms with van der Waals surface area (Å²) in [5.74, 6) is -0.221. The number of benzene rings is 1. The molecule has 0 radical (unpaired) electrons. The van der Waals surface area contributed by atoms with Crippen molar-refractivity contribution in [2.24, 2.45) is 0 Å². The molecule has 0 saturated carbocycles. The lowest BCUT2D eigenvalue weighted by Gasteiger charge is -2.07. The Hall–Kier alpha value is -1.18. The first-order chi connectivity index (χ1) is 9.10. The summed E-state index contributed by atoms with van der Waals surface area (Å²) >= 11 is 3.03. The number of hydrogen-bond donors (Lipinski definition) is 1. The van der Waals surface area contributed by atoms with Crippen LogP contribution in [0.5, 0.6) is 0 Å². The van der Waals surface area contributed by atoms with Crippen molar-refractivity contribution in [2.75, 3.05) is 26.0 Å². The van der Waals surface area contributed by atoms with Gasteiger partial charge in [-0.15, -0.1) is 10.2 Å². The summed E-state index contributed by atoms with van der Waals surface area (Å²) in [6.45, 7) is 0.624. The Bertz CT molecular complexity index is 556. The van der Waals surface area contributed by atoms with Crippen LogP contribution in [-0.2, 0) is 6.54 Å². The Labute approximate surface area is 120 Å². The second-order valence-electron chi connectivity index (χ2n) is 4.13. The fourth-order valence-electron chi connectivity index (χ4n) is 1.49. The third kappa shape index (κ3) is 3.65. The normalized spacial score (nSPS) is 10.7. The highest BCUT2D eigenvalue weighted by molar-refractivity contribution is 8.01. The molecular weight excluding hydrogens is 283 g/mol. The van der Waals surface area contributed by atoms with Crippen molar-refractivity contribution in [1.82, 2.24) is 15.5 Å². The fourth-order valence-corrected chi connectivity index (χ4v) is 3.32. The van der Waals surface area contributed by atoms with E-state index in [1.54, 1.807) is 12.1 Å². The average molecular weight is 298 g/mol. The molecule has 1 N–H and O–H groups in total. The Kier molecular flexibility index (Phi) is 4.73. The van der Waals surface area contributed by atoms with Gasteiger partial charge in [0.2, 0.25) is 5.13 Å². The van der Waals surface area contributed by atoms with E-state index >= 15 is 0 Å². The minimum absolute atomic E-state index is 0.221. The van der Waals surface area contributed by atoms with E-state index in [2.05, 4.69) is 15.5 Å². The summed E-state index contributed by atoms with van der Waals surface area (Å²) in [5.41, 5.74) is 0.925. The highest BCUT2D eigenvalue weighted by Crippen LogP contribution is 2.34. The highest BCUT2D eigenvalue weighted by atomic mass is 32.2. The summed E-state index contributed by atoms with van der Waals surface area (Å²) < 4.78 is 14.1. The predicted octanol–water partition coefficient (Wildman–Crippen LogP) is 2.61. The zero-order valence-electron chi connectivity index (χ0n) is 11.0. The maximum Gasteiger partial charge on any atom is 0.208 e. The van der Waals surface area contributed by atoms with Gasteiger partial charge in [-0.2, -0.15) is 0 Å². The third-order valence-corrected chi connectivity index (χ3v) is 4.63. The van der Waals surface area contributed by atoms with Gasteiger partial charge in [0, 0.05) is 25.5 Å². The highest BCUT2D eigenvalue weighted by Gasteiger charge is 2.10. The van der Waals surface area contributed by atoms with E-state index < -0.39 is 0 Å². The van der Waals surface area contributed by atoms with Crippen molar-refractivity contribution < 1.29 is 4.39 Å². The van der Waals surface area contributed by atoms with Crippen molar-refractivity contribution >= 4 is 28.2 Å². The van der Waals surface area contributed by atoms with Gasteiger partial charge in [0.1, 0.15) is 5.82 Å². The van der Waals surface area contributed by atoms with Gasteiger partial charge in [-0.05, 0) is 30.8 Å². The topological polar surface area (TPSA) is 41.1 Å². The zero-order valence-corrected chi connectivity index (χ0v) is 12.6. The van der Waals surface area contributed by atoms with Crippen LogP contribution < -0.4 is 10.2 Å². The molecule has 0 atom stereocenters. The van der Waals surface area contributed by atoms with Gasteiger partial charge in [0.05, 0.1) is 0 Å². The molecule has 1 aromatic carbocycles. The van der Waals surface area contributed by atoms with E-state index in [4.69, 9.17) is 0 Å². The summed E-state index contributed by atoms with van der Waals surface area (Å²) in [6.07, 6.45) is 0. The number of anilines is 1. The molecule has 1 aromatic heterocycles.